The van der Waals surface area contributed by atoms with Gasteiger partial charge in [0.2, 0.25) is 0 Å². The third-order valence-corrected chi connectivity index (χ3v) is 3.71. The Morgan fingerprint density at radius 2 is 2.11 bits per heavy atom. The quantitative estimate of drug-likeness (QED) is 0.852. The lowest BCUT2D eigenvalue weighted by molar-refractivity contribution is 0.230. The average Bonchev–Trinajstić information content (AvgIpc) is 2.86. The molecule has 1 aliphatic rings. The van der Waals surface area contributed by atoms with E-state index in [1.807, 2.05) is 6.08 Å². The minimum absolute atomic E-state index is 0.194. The molecule has 0 aliphatic carbocycles. The number of aliphatic hydroxyl groups excluding tert-OH is 1. The first kappa shape index (κ1) is 14.2. The highest BCUT2D eigenvalue weighted by Gasteiger charge is 2.22. The van der Waals surface area contributed by atoms with E-state index in [9.17, 15) is 4.39 Å². The lowest BCUT2D eigenvalue weighted by Crippen LogP contribution is -2.29. The first-order valence-corrected chi connectivity index (χ1v) is 7.06. The number of rotatable bonds is 6. The Labute approximate surface area is 114 Å². The minimum atomic E-state index is -0.194. The maximum Gasteiger partial charge on any atom is 0.123 e. The summed E-state index contributed by atoms with van der Waals surface area (Å²) in [6, 6.07) is 7.17. The van der Waals surface area contributed by atoms with E-state index in [0.717, 1.165) is 31.5 Å². The zero-order valence-corrected chi connectivity index (χ0v) is 11.3. The second kappa shape index (κ2) is 7.41. The maximum absolute atomic E-state index is 12.8. The molecule has 104 valence electrons. The van der Waals surface area contributed by atoms with Crippen LogP contribution >= 0.6 is 0 Å². The molecule has 1 atom stereocenters. The van der Waals surface area contributed by atoms with Gasteiger partial charge in [-0.25, -0.2) is 4.39 Å². The molecule has 0 saturated carbocycles. The van der Waals surface area contributed by atoms with E-state index in [1.165, 1.54) is 25.0 Å². The molecular weight excluding hydrogens is 241 g/mol. The predicted molar refractivity (Wildman–Crippen MR) is 76.3 cm³/mol. The van der Waals surface area contributed by atoms with E-state index < -0.39 is 0 Å². The van der Waals surface area contributed by atoms with Gasteiger partial charge in [0, 0.05) is 19.2 Å². The van der Waals surface area contributed by atoms with Gasteiger partial charge in [0.25, 0.3) is 0 Å². The van der Waals surface area contributed by atoms with Crippen molar-refractivity contribution in [1.29, 1.82) is 0 Å². The van der Waals surface area contributed by atoms with Crippen molar-refractivity contribution in [2.45, 2.75) is 31.7 Å². The smallest absolute Gasteiger partial charge is 0.123 e. The van der Waals surface area contributed by atoms with Crippen molar-refractivity contribution in [2.75, 3.05) is 19.7 Å². The van der Waals surface area contributed by atoms with Crippen molar-refractivity contribution in [3.63, 3.8) is 0 Å². The van der Waals surface area contributed by atoms with Crippen molar-refractivity contribution in [2.24, 2.45) is 0 Å². The summed E-state index contributed by atoms with van der Waals surface area (Å²) in [5, 5.41) is 8.90. The molecule has 0 radical (unpaired) electrons. The van der Waals surface area contributed by atoms with Gasteiger partial charge in [-0.05, 0) is 49.9 Å². The van der Waals surface area contributed by atoms with Crippen LogP contribution in [0.25, 0.3) is 6.08 Å². The summed E-state index contributed by atoms with van der Waals surface area (Å²) in [6.07, 6.45) is 8.65. The van der Waals surface area contributed by atoms with E-state index in [2.05, 4.69) is 11.0 Å². The molecule has 0 amide bonds. The number of nitrogens with zero attached hydrogens (tertiary/aromatic N) is 1. The Morgan fingerprint density at radius 3 is 2.84 bits per heavy atom. The van der Waals surface area contributed by atoms with Gasteiger partial charge >= 0.3 is 0 Å². The third-order valence-electron chi connectivity index (χ3n) is 3.71. The summed E-state index contributed by atoms with van der Waals surface area (Å²) < 4.78 is 12.8. The lowest BCUT2D eigenvalue weighted by atomic mass is 10.1. The molecule has 3 heteroatoms. The Bertz CT molecular complexity index is 402. The Balaban J connectivity index is 1.82. The molecule has 1 N–H and O–H groups in total. The van der Waals surface area contributed by atoms with Crippen LogP contribution in [0.5, 0.6) is 0 Å². The molecule has 1 fully saturated rings. The summed E-state index contributed by atoms with van der Waals surface area (Å²) in [7, 11) is 0. The van der Waals surface area contributed by atoms with Crippen LogP contribution in [-0.2, 0) is 0 Å². The molecule has 1 unspecified atom stereocenters. The number of hydrogen-bond acceptors (Lipinski definition) is 2. The number of benzene rings is 1. The molecule has 0 spiro atoms. The van der Waals surface area contributed by atoms with Crippen molar-refractivity contribution in [1.82, 2.24) is 4.90 Å². The normalized spacial score (nSPS) is 20.4. The lowest BCUT2D eigenvalue weighted by Gasteiger charge is -2.22. The van der Waals surface area contributed by atoms with Gasteiger partial charge in [-0.2, -0.15) is 0 Å². The van der Waals surface area contributed by atoms with Crippen LogP contribution in [0.4, 0.5) is 4.39 Å². The van der Waals surface area contributed by atoms with Crippen LogP contribution < -0.4 is 0 Å². The van der Waals surface area contributed by atoms with Crippen LogP contribution in [-0.4, -0.2) is 35.7 Å². The van der Waals surface area contributed by atoms with Crippen LogP contribution in [0.2, 0.25) is 0 Å². The summed E-state index contributed by atoms with van der Waals surface area (Å²) in [6.45, 7) is 2.37. The van der Waals surface area contributed by atoms with E-state index in [-0.39, 0.29) is 12.4 Å². The summed E-state index contributed by atoms with van der Waals surface area (Å²) in [5.41, 5.74) is 1.03. The molecule has 1 aliphatic heterocycles. The number of hydrogen-bond donors (Lipinski definition) is 1. The predicted octanol–water partition coefficient (Wildman–Crippen LogP) is 3.08. The Kier molecular flexibility index (Phi) is 5.55. The SMILES string of the molecule is OCCCC1CCCN1C/C=C/c1ccc(F)cc1. The van der Waals surface area contributed by atoms with Gasteiger partial charge in [-0.3, -0.25) is 4.90 Å². The highest BCUT2D eigenvalue weighted by Crippen LogP contribution is 2.21. The zero-order chi connectivity index (χ0) is 13.5. The van der Waals surface area contributed by atoms with Crippen LogP contribution in [0.15, 0.2) is 30.3 Å². The molecule has 2 nitrogen and oxygen atoms in total. The first-order valence-electron chi connectivity index (χ1n) is 7.06. The number of halogens is 1. The Hall–Kier alpha value is -1.19. The van der Waals surface area contributed by atoms with Crippen molar-refractivity contribution >= 4 is 6.08 Å². The van der Waals surface area contributed by atoms with Crippen molar-refractivity contribution in [3.05, 3.63) is 41.7 Å². The van der Waals surface area contributed by atoms with Crippen molar-refractivity contribution in [3.8, 4) is 0 Å². The topological polar surface area (TPSA) is 23.5 Å². The number of likely N-dealkylation sites (tertiary alicyclic amines) is 1. The third kappa shape index (κ3) is 4.44. The maximum atomic E-state index is 12.8. The summed E-state index contributed by atoms with van der Waals surface area (Å²) in [5.74, 6) is -0.194. The van der Waals surface area contributed by atoms with E-state index >= 15 is 0 Å². The Morgan fingerprint density at radius 1 is 1.32 bits per heavy atom. The van der Waals surface area contributed by atoms with Gasteiger partial charge < -0.3 is 5.11 Å². The highest BCUT2D eigenvalue weighted by atomic mass is 19.1. The summed E-state index contributed by atoms with van der Waals surface area (Å²) >= 11 is 0. The number of aliphatic hydroxyl groups is 1. The molecule has 1 aromatic rings. The van der Waals surface area contributed by atoms with E-state index in [1.54, 1.807) is 12.1 Å². The van der Waals surface area contributed by atoms with E-state index in [4.69, 9.17) is 5.11 Å². The molecular formula is C16H22FNO. The molecule has 0 aromatic heterocycles. The van der Waals surface area contributed by atoms with E-state index in [0.29, 0.717) is 6.04 Å². The average molecular weight is 263 g/mol. The second-order valence-corrected chi connectivity index (χ2v) is 5.11. The highest BCUT2D eigenvalue weighted by molar-refractivity contribution is 5.48. The van der Waals surface area contributed by atoms with Gasteiger partial charge in [-0.15, -0.1) is 0 Å². The van der Waals surface area contributed by atoms with Gasteiger partial charge in [0.15, 0.2) is 0 Å². The molecule has 2 rings (SSSR count). The van der Waals surface area contributed by atoms with Crippen LogP contribution in [0, 0.1) is 5.82 Å². The van der Waals surface area contributed by atoms with Gasteiger partial charge in [-0.1, -0.05) is 24.3 Å². The molecule has 1 heterocycles. The zero-order valence-electron chi connectivity index (χ0n) is 11.3. The van der Waals surface area contributed by atoms with Crippen molar-refractivity contribution < 1.29 is 9.50 Å². The fourth-order valence-corrected chi connectivity index (χ4v) is 2.69. The summed E-state index contributed by atoms with van der Waals surface area (Å²) in [4.78, 5) is 2.47. The largest absolute Gasteiger partial charge is 0.396 e. The molecule has 1 saturated heterocycles. The van der Waals surface area contributed by atoms with Gasteiger partial charge in [0.05, 0.1) is 0 Å². The van der Waals surface area contributed by atoms with Gasteiger partial charge in [0.1, 0.15) is 5.82 Å². The first-order chi connectivity index (χ1) is 9.29. The minimum Gasteiger partial charge on any atom is -0.396 e. The fraction of sp³-hybridized carbons (Fsp3) is 0.500. The fourth-order valence-electron chi connectivity index (χ4n) is 2.69. The monoisotopic (exact) mass is 263 g/mol. The van der Waals surface area contributed by atoms with Crippen LogP contribution in [0.3, 0.4) is 0 Å². The molecule has 0 bridgehead atoms. The van der Waals surface area contributed by atoms with Crippen LogP contribution in [0.1, 0.15) is 31.2 Å². The molecule has 19 heavy (non-hydrogen) atoms. The second-order valence-electron chi connectivity index (χ2n) is 5.11. The molecule has 1 aromatic carbocycles. The standard InChI is InChI=1S/C16H22FNO/c17-15-9-7-14(8-10-15)4-1-11-18-12-2-5-16(18)6-3-13-19/h1,4,7-10,16,19H,2-3,5-6,11-13H2/b4-1+.